The van der Waals surface area contributed by atoms with Crippen LogP contribution in [0.15, 0.2) is 34.2 Å². The number of carbonyl (C=O) groups excluding carboxylic acids is 1. The van der Waals surface area contributed by atoms with Crippen molar-refractivity contribution in [1.82, 2.24) is 30.9 Å². The molecule has 12 nitrogen and oxygen atoms in total. The average molecular weight is 546 g/mol. The Hall–Kier alpha value is -2.81. The number of hydrogen-bond acceptors (Lipinski definition) is 10. The first-order valence-corrected chi connectivity index (χ1v) is 12.9. The average Bonchev–Trinajstić information content (AvgIpc) is 3.46. The second kappa shape index (κ2) is 13.3. The van der Waals surface area contributed by atoms with Crippen molar-refractivity contribution in [3.8, 4) is 0 Å². The van der Waals surface area contributed by atoms with Gasteiger partial charge in [-0.3, -0.25) is 14.6 Å². The predicted molar refractivity (Wildman–Crippen MR) is 133 cm³/mol. The maximum absolute atomic E-state index is 12.5. The van der Waals surface area contributed by atoms with Crippen molar-refractivity contribution < 1.29 is 23.1 Å². The largest absolute Gasteiger partial charge is 0.480 e. The van der Waals surface area contributed by atoms with E-state index in [1.54, 1.807) is 19.1 Å². The number of carboxylic acids is 1. The molecule has 1 aliphatic rings. The van der Waals surface area contributed by atoms with Gasteiger partial charge in [-0.25, -0.2) is 8.42 Å². The minimum Gasteiger partial charge on any atom is -0.480 e. The topological polar surface area (TPSA) is 175 Å². The summed E-state index contributed by atoms with van der Waals surface area (Å²) in [6.07, 6.45) is 1.44. The van der Waals surface area contributed by atoms with Crippen molar-refractivity contribution >= 4 is 51.6 Å². The second-order valence-electron chi connectivity index (χ2n) is 7.59. The number of hydrogen-bond donors (Lipinski definition) is 5. The summed E-state index contributed by atoms with van der Waals surface area (Å²) in [5, 5.41) is 27.5. The molecular formula is C20H28ClN7O5S2. The third kappa shape index (κ3) is 9.05. The van der Waals surface area contributed by atoms with Crippen molar-refractivity contribution in [2.45, 2.75) is 37.1 Å². The molecule has 2 aromatic rings. The van der Waals surface area contributed by atoms with Gasteiger partial charge in [-0.2, -0.15) is 4.72 Å². The molecular weight excluding hydrogens is 518 g/mol. The van der Waals surface area contributed by atoms with Gasteiger partial charge in [0.05, 0.1) is 17.9 Å². The van der Waals surface area contributed by atoms with Crippen LogP contribution in [0.2, 0.25) is 0 Å². The van der Waals surface area contributed by atoms with Gasteiger partial charge in [0.2, 0.25) is 15.9 Å². The smallest absolute Gasteiger partial charge is 0.323 e. The molecule has 0 spiro atoms. The van der Waals surface area contributed by atoms with E-state index in [1.807, 2.05) is 0 Å². The normalized spacial score (nSPS) is 13.8. The van der Waals surface area contributed by atoms with Gasteiger partial charge < -0.3 is 21.1 Å². The number of aliphatic imine (C=N–C) groups is 1. The number of sulfonamides is 1. The molecule has 0 aliphatic carbocycles. The van der Waals surface area contributed by atoms with Crippen molar-refractivity contribution in [3.63, 3.8) is 0 Å². The highest BCUT2D eigenvalue weighted by Crippen LogP contribution is 2.13. The molecule has 1 atom stereocenters. The van der Waals surface area contributed by atoms with E-state index in [4.69, 9.17) is 0 Å². The molecule has 35 heavy (non-hydrogen) atoms. The molecule has 0 radical (unpaired) electrons. The number of aliphatic carboxylic acids is 1. The monoisotopic (exact) mass is 545 g/mol. The molecule has 192 valence electrons. The van der Waals surface area contributed by atoms with Gasteiger partial charge in [0.1, 0.15) is 16.1 Å². The summed E-state index contributed by atoms with van der Waals surface area (Å²) < 4.78 is 27.1. The van der Waals surface area contributed by atoms with Gasteiger partial charge in [-0.1, -0.05) is 12.1 Å². The Bertz CT molecular complexity index is 1160. The van der Waals surface area contributed by atoms with Crippen LogP contribution in [0, 0.1) is 6.92 Å². The molecule has 3 rings (SSSR count). The third-order valence-electron chi connectivity index (χ3n) is 4.75. The molecule has 0 bridgehead atoms. The summed E-state index contributed by atoms with van der Waals surface area (Å²) in [7, 11) is -4.07. The van der Waals surface area contributed by atoms with Crippen LogP contribution in [0.4, 0.5) is 0 Å². The highest BCUT2D eigenvalue weighted by Gasteiger charge is 2.26. The standard InChI is InChI=1S/C20H27N7O5S2.ClH/c1-13-4-2-5-14(10-13)34(31,32)27-15(19(29)30)12-24-16(28)11-18-26-25-17(33-18)6-3-7-21-20-22-8-9-23-20;/h2,4-5,10,15,27H,3,6-9,11-12H2,1H3,(H,24,28)(H,29,30)(H2,21,22,23);1H/t15-;/m0./s1. The number of aromatic nitrogens is 2. The van der Waals surface area contributed by atoms with Crippen molar-refractivity contribution in [3.05, 3.63) is 39.8 Å². The van der Waals surface area contributed by atoms with E-state index < -0.39 is 34.5 Å². The molecule has 1 aromatic heterocycles. The minimum absolute atomic E-state index is 0. The van der Waals surface area contributed by atoms with Crippen LogP contribution in [0.1, 0.15) is 22.0 Å². The van der Waals surface area contributed by atoms with Crippen LogP contribution in [0.25, 0.3) is 0 Å². The fraction of sp³-hybridized carbons (Fsp3) is 0.450. The molecule has 5 N–H and O–H groups in total. The SMILES string of the molecule is Cc1cccc(S(=O)(=O)N[C@@H](CNC(=O)Cc2nnc(CCCNC3=NCCN3)s2)C(=O)O)c1.Cl. The van der Waals surface area contributed by atoms with Gasteiger partial charge in [-0.05, 0) is 31.0 Å². The Morgan fingerprint density at radius 3 is 2.71 bits per heavy atom. The summed E-state index contributed by atoms with van der Waals surface area (Å²) in [5.74, 6) is -1.08. The Balaban J connectivity index is 0.00000432. The zero-order valence-electron chi connectivity index (χ0n) is 19.0. The van der Waals surface area contributed by atoms with Crippen molar-refractivity contribution in [2.75, 3.05) is 26.2 Å². The lowest BCUT2D eigenvalue weighted by Crippen LogP contribution is -2.48. The highest BCUT2D eigenvalue weighted by atomic mass is 35.5. The number of rotatable bonds is 12. The van der Waals surface area contributed by atoms with Crippen molar-refractivity contribution in [2.24, 2.45) is 4.99 Å². The Morgan fingerprint density at radius 2 is 2.03 bits per heavy atom. The highest BCUT2D eigenvalue weighted by molar-refractivity contribution is 7.89. The molecule has 0 fully saturated rings. The van der Waals surface area contributed by atoms with E-state index in [0.29, 0.717) is 11.4 Å². The predicted octanol–water partition coefficient (Wildman–Crippen LogP) is -0.160. The quantitative estimate of drug-likeness (QED) is 0.227. The summed E-state index contributed by atoms with van der Waals surface area (Å²) in [4.78, 5) is 28.0. The van der Waals surface area contributed by atoms with E-state index in [1.165, 1.54) is 23.5 Å². The molecule has 15 heteroatoms. The molecule has 0 saturated heterocycles. The van der Waals surface area contributed by atoms with E-state index in [2.05, 4.69) is 35.9 Å². The first-order chi connectivity index (χ1) is 16.2. The second-order valence-corrected chi connectivity index (χ2v) is 10.4. The number of nitrogens with zero attached hydrogens (tertiary/aromatic N) is 3. The maximum Gasteiger partial charge on any atom is 0.323 e. The van der Waals surface area contributed by atoms with Crippen LogP contribution in [-0.4, -0.2) is 73.8 Å². The molecule has 0 saturated carbocycles. The van der Waals surface area contributed by atoms with E-state index in [0.717, 1.165) is 42.6 Å². The van der Waals surface area contributed by atoms with E-state index in [9.17, 15) is 23.1 Å². The molecule has 2 heterocycles. The van der Waals surface area contributed by atoms with Crippen LogP contribution in [0.5, 0.6) is 0 Å². The lowest BCUT2D eigenvalue weighted by atomic mass is 10.2. The summed E-state index contributed by atoms with van der Waals surface area (Å²) >= 11 is 1.31. The van der Waals surface area contributed by atoms with Gasteiger partial charge in [-0.15, -0.1) is 33.9 Å². The number of carboxylic acid groups (broad SMARTS) is 1. The lowest BCUT2D eigenvalue weighted by Gasteiger charge is -2.15. The number of amides is 1. The van der Waals surface area contributed by atoms with Gasteiger partial charge in [0.25, 0.3) is 0 Å². The van der Waals surface area contributed by atoms with E-state index in [-0.39, 0.29) is 23.7 Å². The first-order valence-electron chi connectivity index (χ1n) is 10.6. The Kier molecular flexibility index (Phi) is 10.8. The third-order valence-corrected chi connectivity index (χ3v) is 7.21. The molecule has 1 aromatic carbocycles. The minimum atomic E-state index is -4.07. The molecule has 1 amide bonds. The van der Waals surface area contributed by atoms with Gasteiger partial charge >= 0.3 is 5.97 Å². The number of guanidine groups is 1. The van der Waals surface area contributed by atoms with Crippen LogP contribution >= 0.6 is 23.7 Å². The fourth-order valence-electron chi connectivity index (χ4n) is 3.06. The maximum atomic E-state index is 12.5. The summed E-state index contributed by atoms with van der Waals surface area (Å²) in [5.41, 5.74) is 0.718. The first kappa shape index (κ1) is 28.4. The number of benzene rings is 1. The zero-order valence-corrected chi connectivity index (χ0v) is 21.4. The molecule has 1 aliphatic heterocycles. The number of nitrogens with one attached hydrogen (secondary N) is 4. The number of carbonyl (C=O) groups is 2. The lowest BCUT2D eigenvalue weighted by molar-refractivity contribution is -0.138. The van der Waals surface area contributed by atoms with Crippen LogP contribution < -0.4 is 20.7 Å². The van der Waals surface area contributed by atoms with Crippen molar-refractivity contribution in [1.29, 1.82) is 0 Å². The van der Waals surface area contributed by atoms with Gasteiger partial charge in [0, 0.05) is 26.1 Å². The van der Waals surface area contributed by atoms with Crippen LogP contribution in [0.3, 0.4) is 0 Å². The summed E-state index contributed by atoms with van der Waals surface area (Å²) in [6.45, 7) is 3.67. The van der Waals surface area contributed by atoms with Crippen LogP contribution in [-0.2, 0) is 32.5 Å². The Labute approximate surface area is 213 Å². The fourth-order valence-corrected chi connectivity index (χ4v) is 5.24. The molecule has 0 unspecified atom stereocenters. The van der Waals surface area contributed by atoms with Gasteiger partial charge in [0.15, 0.2) is 5.96 Å². The number of halogens is 1. The zero-order chi connectivity index (χ0) is 24.6. The number of aryl methyl sites for hydroxylation is 2. The van der Waals surface area contributed by atoms with E-state index >= 15 is 0 Å². The Morgan fingerprint density at radius 1 is 1.26 bits per heavy atom. The summed E-state index contributed by atoms with van der Waals surface area (Å²) in [6, 6.07) is 4.58.